The first kappa shape index (κ1) is 20.4. The summed E-state index contributed by atoms with van der Waals surface area (Å²) in [5, 5.41) is 12.8. The number of benzene rings is 2. The molecule has 0 spiro atoms. The van der Waals surface area contributed by atoms with Crippen molar-refractivity contribution in [2.45, 2.75) is 43.9 Å². The molecule has 0 atom stereocenters. The minimum atomic E-state index is -4.33. The fourth-order valence-corrected chi connectivity index (χ4v) is 4.10. The van der Waals surface area contributed by atoms with E-state index < -0.39 is 17.2 Å². The van der Waals surface area contributed by atoms with Gasteiger partial charge in [0.25, 0.3) is 0 Å². The van der Waals surface area contributed by atoms with Crippen LogP contribution in [0.15, 0.2) is 48.7 Å². The number of hydrogen-bond donors (Lipinski definition) is 2. The summed E-state index contributed by atoms with van der Waals surface area (Å²) in [6, 6.07) is 13.0. The van der Waals surface area contributed by atoms with E-state index in [4.69, 9.17) is 4.74 Å². The third-order valence-corrected chi connectivity index (χ3v) is 6.41. The Kier molecular flexibility index (Phi) is 4.66. The Morgan fingerprint density at radius 2 is 1.88 bits per heavy atom. The van der Waals surface area contributed by atoms with Gasteiger partial charge in [0.1, 0.15) is 11.2 Å². The topological polar surface area (TPSA) is 77.9 Å². The summed E-state index contributed by atoms with van der Waals surface area (Å²) >= 11 is 0. The number of H-pyrrole nitrogens is 1. The number of ether oxygens (including phenoxy) is 1. The van der Waals surface area contributed by atoms with Crippen LogP contribution in [-0.4, -0.2) is 17.0 Å². The quantitative estimate of drug-likeness (QED) is 0.531. The lowest BCUT2D eigenvalue weighted by Gasteiger charge is -2.35. The number of nitriles is 1. The van der Waals surface area contributed by atoms with Crippen molar-refractivity contribution in [3.63, 3.8) is 0 Å². The van der Waals surface area contributed by atoms with Crippen molar-refractivity contribution >= 4 is 22.5 Å². The standard InChI is InChI=1S/C24H20F3N3O2/c25-24(26,27)16-3-1-14(2-4-16)15-9-18(10-15)32-17-5-6-20-19(11-17)21(12-29-20)30-22(31)23(13-28)7-8-23/h1-6,11-12,15,18,29H,7-10H2,(H,30,31)/t15-,18+. The van der Waals surface area contributed by atoms with E-state index >= 15 is 0 Å². The number of fused-ring (bicyclic) bond motifs is 1. The smallest absolute Gasteiger partial charge is 0.416 e. The van der Waals surface area contributed by atoms with Crippen LogP contribution in [0, 0.1) is 16.7 Å². The zero-order chi connectivity index (χ0) is 22.5. The number of alkyl halides is 3. The number of rotatable bonds is 5. The summed E-state index contributed by atoms with van der Waals surface area (Å²) in [4.78, 5) is 15.5. The molecule has 0 saturated heterocycles. The minimum Gasteiger partial charge on any atom is -0.490 e. The number of carbonyl (C=O) groups excluding carboxylic acids is 1. The van der Waals surface area contributed by atoms with Crippen molar-refractivity contribution in [3.8, 4) is 11.8 Å². The Morgan fingerprint density at radius 3 is 2.50 bits per heavy atom. The number of aromatic amines is 1. The monoisotopic (exact) mass is 439 g/mol. The maximum atomic E-state index is 12.7. The van der Waals surface area contributed by atoms with Crippen LogP contribution in [0.3, 0.4) is 0 Å². The Hall–Kier alpha value is -3.47. The second kappa shape index (κ2) is 7.30. The number of amides is 1. The summed E-state index contributed by atoms with van der Waals surface area (Å²) < 4.78 is 44.2. The van der Waals surface area contributed by atoms with Crippen LogP contribution in [0.4, 0.5) is 18.9 Å². The fourth-order valence-electron chi connectivity index (χ4n) is 4.10. The molecule has 2 aromatic carbocycles. The highest BCUT2D eigenvalue weighted by Gasteiger charge is 2.50. The molecule has 164 valence electrons. The molecule has 0 bridgehead atoms. The van der Waals surface area contributed by atoms with Gasteiger partial charge in [-0.05, 0) is 67.5 Å². The number of anilines is 1. The lowest BCUT2D eigenvalue weighted by atomic mass is 9.77. The Balaban J connectivity index is 1.23. The normalized spacial score (nSPS) is 21.4. The van der Waals surface area contributed by atoms with Crippen molar-refractivity contribution in [1.29, 1.82) is 5.26 Å². The van der Waals surface area contributed by atoms with Gasteiger partial charge < -0.3 is 15.0 Å². The summed E-state index contributed by atoms with van der Waals surface area (Å²) in [7, 11) is 0. The van der Waals surface area contributed by atoms with E-state index in [0.29, 0.717) is 24.3 Å². The SMILES string of the molecule is N#CC1(C(=O)Nc2c[nH]c3ccc(O[C@H]4C[C@@H](c5ccc(C(F)(F)F)cc5)C4)cc23)CC1. The van der Waals surface area contributed by atoms with Crippen LogP contribution in [0.2, 0.25) is 0 Å². The third-order valence-electron chi connectivity index (χ3n) is 6.41. The van der Waals surface area contributed by atoms with E-state index in [1.807, 2.05) is 18.2 Å². The molecular formula is C24H20F3N3O2. The van der Waals surface area contributed by atoms with E-state index in [1.54, 1.807) is 18.3 Å². The Bertz CT molecular complexity index is 1210. The van der Waals surface area contributed by atoms with Crippen LogP contribution in [-0.2, 0) is 11.0 Å². The van der Waals surface area contributed by atoms with Crippen LogP contribution < -0.4 is 10.1 Å². The Labute approximate surface area is 182 Å². The largest absolute Gasteiger partial charge is 0.490 e. The van der Waals surface area contributed by atoms with Gasteiger partial charge in [-0.25, -0.2) is 0 Å². The van der Waals surface area contributed by atoms with Crippen molar-refractivity contribution < 1.29 is 22.7 Å². The maximum absolute atomic E-state index is 12.7. The predicted octanol–water partition coefficient (Wildman–Crippen LogP) is 5.75. The molecular weight excluding hydrogens is 419 g/mol. The highest BCUT2D eigenvalue weighted by atomic mass is 19.4. The molecule has 2 saturated carbocycles. The number of nitrogens with one attached hydrogen (secondary N) is 2. The molecule has 5 rings (SSSR count). The lowest BCUT2D eigenvalue weighted by Crippen LogP contribution is -2.32. The van der Waals surface area contributed by atoms with Crippen molar-refractivity contribution in [2.75, 3.05) is 5.32 Å². The number of carbonyl (C=O) groups is 1. The van der Waals surface area contributed by atoms with E-state index in [-0.39, 0.29) is 17.9 Å². The fraction of sp³-hybridized carbons (Fsp3) is 0.333. The first-order valence-corrected chi connectivity index (χ1v) is 10.5. The molecule has 1 amide bonds. The number of aromatic nitrogens is 1. The molecule has 2 N–H and O–H groups in total. The van der Waals surface area contributed by atoms with E-state index in [2.05, 4.69) is 16.4 Å². The van der Waals surface area contributed by atoms with Crippen LogP contribution in [0.1, 0.15) is 42.7 Å². The van der Waals surface area contributed by atoms with E-state index in [9.17, 15) is 23.2 Å². The molecule has 3 aromatic rings. The number of halogens is 3. The summed E-state index contributed by atoms with van der Waals surface area (Å²) in [5.74, 6) is 0.546. The van der Waals surface area contributed by atoms with Crippen molar-refractivity contribution in [3.05, 3.63) is 59.8 Å². The van der Waals surface area contributed by atoms with Gasteiger partial charge >= 0.3 is 6.18 Å². The van der Waals surface area contributed by atoms with E-state index in [0.717, 1.165) is 41.4 Å². The molecule has 32 heavy (non-hydrogen) atoms. The van der Waals surface area contributed by atoms with Gasteiger partial charge in [0, 0.05) is 17.1 Å². The van der Waals surface area contributed by atoms with Crippen LogP contribution in [0.25, 0.3) is 10.9 Å². The third kappa shape index (κ3) is 3.68. The van der Waals surface area contributed by atoms with Gasteiger partial charge in [0.05, 0.1) is 23.4 Å². The van der Waals surface area contributed by atoms with Gasteiger partial charge in [0.15, 0.2) is 0 Å². The average molecular weight is 439 g/mol. The highest BCUT2D eigenvalue weighted by molar-refractivity contribution is 6.05. The second-order valence-corrected chi connectivity index (χ2v) is 8.59. The van der Waals surface area contributed by atoms with E-state index in [1.165, 1.54) is 0 Å². The maximum Gasteiger partial charge on any atom is 0.416 e. The summed E-state index contributed by atoms with van der Waals surface area (Å²) in [6.07, 6.45) is -0.0430. The van der Waals surface area contributed by atoms with Gasteiger partial charge in [-0.15, -0.1) is 0 Å². The number of nitrogens with zero attached hydrogens (tertiary/aromatic N) is 1. The molecule has 0 radical (unpaired) electrons. The van der Waals surface area contributed by atoms with Crippen LogP contribution >= 0.6 is 0 Å². The Morgan fingerprint density at radius 1 is 1.16 bits per heavy atom. The lowest BCUT2D eigenvalue weighted by molar-refractivity contribution is -0.137. The minimum absolute atomic E-state index is 0.0231. The molecule has 0 unspecified atom stereocenters. The molecule has 2 fully saturated rings. The molecule has 1 heterocycles. The zero-order valence-electron chi connectivity index (χ0n) is 17.0. The van der Waals surface area contributed by atoms with Gasteiger partial charge in [-0.3, -0.25) is 4.79 Å². The van der Waals surface area contributed by atoms with Gasteiger partial charge in [-0.1, -0.05) is 12.1 Å². The first-order valence-electron chi connectivity index (χ1n) is 10.5. The molecule has 2 aliphatic carbocycles. The molecule has 5 nitrogen and oxygen atoms in total. The number of hydrogen-bond acceptors (Lipinski definition) is 3. The average Bonchev–Trinajstić information content (AvgIpc) is 3.46. The van der Waals surface area contributed by atoms with Crippen LogP contribution in [0.5, 0.6) is 5.75 Å². The zero-order valence-corrected chi connectivity index (χ0v) is 17.0. The molecule has 8 heteroatoms. The van der Waals surface area contributed by atoms with Crippen molar-refractivity contribution in [1.82, 2.24) is 4.98 Å². The highest BCUT2D eigenvalue weighted by Crippen LogP contribution is 2.46. The molecule has 2 aliphatic rings. The molecule has 0 aliphatic heterocycles. The van der Waals surface area contributed by atoms with Crippen molar-refractivity contribution in [2.24, 2.45) is 5.41 Å². The molecule has 1 aromatic heterocycles. The summed E-state index contributed by atoms with van der Waals surface area (Å²) in [5.41, 5.74) is 0.782. The van der Waals surface area contributed by atoms with Gasteiger partial charge in [0.2, 0.25) is 5.91 Å². The van der Waals surface area contributed by atoms with Gasteiger partial charge in [-0.2, -0.15) is 18.4 Å². The summed E-state index contributed by atoms with van der Waals surface area (Å²) in [6.45, 7) is 0. The predicted molar refractivity (Wildman–Crippen MR) is 112 cm³/mol. The first-order chi connectivity index (χ1) is 15.3. The second-order valence-electron chi connectivity index (χ2n) is 8.59.